The number of carbonyl (C=O) groups excluding carboxylic acids is 1. The number of carbonyl (C=O) groups is 1. The Balaban J connectivity index is 2.27. The van der Waals surface area contributed by atoms with E-state index in [2.05, 4.69) is 27.8 Å². The molecule has 2 heterocycles. The molecule has 1 fully saturated rings. The molecule has 0 spiro atoms. The number of pyridine rings is 1. The molecule has 5 heteroatoms. The van der Waals surface area contributed by atoms with Gasteiger partial charge in [-0.05, 0) is 41.3 Å². The molecule has 1 aliphatic rings. The molecule has 17 heavy (non-hydrogen) atoms. The highest BCUT2D eigenvalue weighted by Crippen LogP contribution is 2.25. The molecule has 92 valence electrons. The summed E-state index contributed by atoms with van der Waals surface area (Å²) in [7, 11) is 0. The van der Waals surface area contributed by atoms with E-state index in [1.165, 1.54) is 0 Å². The van der Waals surface area contributed by atoms with Crippen LogP contribution in [0.15, 0.2) is 16.7 Å². The van der Waals surface area contributed by atoms with Crippen molar-refractivity contribution in [2.24, 2.45) is 0 Å². The van der Waals surface area contributed by atoms with Crippen molar-refractivity contribution in [3.05, 3.63) is 27.5 Å². The lowest BCUT2D eigenvalue weighted by molar-refractivity contribution is 0.0733. The maximum atomic E-state index is 12.4. The van der Waals surface area contributed by atoms with Crippen molar-refractivity contribution in [2.75, 3.05) is 6.54 Å². The Morgan fingerprint density at radius 3 is 3.18 bits per heavy atom. The lowest BCUT2D eigenvalue weighted by Gasteiger charge is -2.23. The highest BCUT2D eigenvalue weighted by atomic mass is 79.9. The fraction of sp³-hybridized carbons (Fsp3) is 0.500. The Labute approximate surface area is 114 Å². The minimum Gasteiger partial charge on any atom is -0.336 e. The molecule has 1 aromatic heterocycles. The van der Waals surface area contributed by atoms with Gasteiger partial charge in [-0.3, -0.25) is 4.79 Å². The normalized spacial score (nSPS) is 19.7. The molecule has 1 aromatic rings. The maximum absolute atomic E-state index is 12.4. The van der Waals surface area contributed by atoms with E-state index in [-0.39, 0.29) is 11.1 Å². The summed E-state index contributed by atoms with van der Waals surface area (Å²) in [5, 5.41) is 0.278. The van der Waals surface area contributed by atoms with Gasteiger partial charge in [0.25, 0.3) is 5.91 Å². The molecule has 1 saturated heterocycles. The van der Waals surface area contributed by atoms with Crippen molar-refractivity contribution in [3.63, 3.8) is 0 Å². The van der Waals surface area contributed by atoms with Crippen LogP contribution in [-0.2, 0) is 0 Å². The van der Waals surface area contributed by atoms with Gasteiger partial charge in [0.15, 0.2) is 0 Å². The van der Waals surface area contributed by atoms with Crippen LogP contribution in [0.1, 0.15) is 36.5 Å². The van der Waals surface area contributed by atoms with Gasteiger partial charge in [0.2, 0.25) is 0 Å². The molecule has 1 unspecified atom stereocenters. The monoisotopic (exact) mass is 316 g/mol. The summed E-state index contributed by atoms with van der Waals surface area (Å²) in [4.78, 5) is 18.3. The molecular formula is C12H14BrClN2O. The van der Waals surface area contributed by atoms with Crippen LogP contribution in [0.4, 0.5) is 0 Å². The SMILES string of the molecule is CCC1CCCN1C(=O)c1cc(Br)cnc1Cl. The summed E-state index contributed by atoms with van der Waals surface area (Å²) in [6, 6.07) is 2.08. The van der Waals surface area contributed by atoms with Gasteiger partial charge in [0.1, 0.15) is 5.15 Å². The summed E-state index contributed by atoms with van der Waals surface area (Å²) in [5.74, 6) is -0.00634. The fourth-order valence-electron chi connectivity index (χ4n) is 2.25. The van der Waals surface area contributed by atoms with Crippen molar-refractivity contribution in [2.45, 2.75) is 32.2 Å². The number of likely N-dealkylation sites (tertiary alicyclic amines) is 1. The second kappa shape index (κ2) is 5.36. The Morgan fingerprint density at radius 1 is 1.71 bits per heavy atom. The smallest absolute Gasteiger partial charge is 0.257 e. The topological polar surface area (TPSA) is 33.2 Å². The largest absolute Gasteiger partial charge is 0.336 e. The first-order chi connectivity index (χ1) is 8.13. The van der Waals surface area contributed by atoms with Gasteiger partial charge in [-0.25, -0.2) is 4.98 Å². The van der Waals surface area contributed by atoms with Crippen molar-refractivity contribution >= 4 is 33.4 Å². The second-order valence-corrected chi connectivity index (χ2v) is 5.47. The molecule has 0 aromatic carbocycles. The van der Waals surface area contributed by atoms with E-state index >= 15 is 0 Å². The van der Waals surface area contributed by atoms with E-state index in [1.807, 2.05) is 4.90 Å². The van der Waals surface area contributed by atoms with Crippen LogP contribution < -0.4 is 0 Å². The first-order valence-corrected chi connectivity index (χ1v) is 6.92. The first kappa shape index (κ1) is 12.8. The first-order valence-electron chi connectivity index (χ1n) is 5.75. The van der Waals surface area contributed by atoms with E-state index in [0.717, 1.165) is 30.3 Å². The van der Waals surface area contributed by atoms with Gasteiger partial charge < -0.3 is 4.90 Å². The van der Waals surface area contributed by atoms with E-state index in [1.54, 1.807) is 12.3 Å². The molecule has 3 nitrogen and oxygen atoms in total. The number of hydrogen-bond donors (Lipinski definition) is 0. The van der Waals surface area contributed by atoms with Crippen LogP contribution in [0.5, 0.6) is 0 Å². The Morgan fingerprint density at radius 2 is 2.47 bits per heavy atom. The summed E-state index contributed by atoms with van der Waals surface area (Å²) < 4.78 is 0.775. The zero-order valence-corrected chi connectivity index (χ0v) is 12.0. The van der Waals surface area contributed by atoms with Gasteiger partial charge in [0.05, 0.1) is 5.56 Å². The highest BCUT2D eigenvalue weighted by Gasteiger charge is 2.29. The van der Waals surface area contributed by atoms with Gasteiger partial charge in [-0.15, -0.1) is 0 Å². The number of aromatic nitrogens is 1. The number of nitrogens with zero attached hydrogens (tertiary/aromatic N) is 2. The lowest BCUT2D eigenvalue weighted by Crippen LogP contribution is -2.35. The van der Waals surface area contributed by atoms with E-state index < -0.39 is 0 Å². The van der Waals surface area contributed by atoms with Gasteiger partial charge >= 0.3 is 0 Å². The quantitative estimate of drug-likeness (QED) is 0.782. The molecule has 1 atom stereocenters. The molecule has 0 bridgehead atoms. The zero-order chi connectivity index (χ0) is 12.4. The number of hydrogen-bond acceptors (Lipinski definition) is 2. The van der Waals surface area contributed by atoms with Crippen molar-refractivity contribution in [1.29, 1.82) is 0 Å². The van der Waals surface area contributed by atoms with Crippen molar-refractivity contribution in [3.8, 4) is 0 Å². The van der Waals surface area contributed by atoms with Crippen molar-refractivity contribution < 1.29 is 4.79 Å². The molecule has 0 N–H and O–H groups in total. The maximum Gasteiger partial charge on any atom is 0.257 e. The Bertz CT molecular complexity index is 439. The number of rotatable bonds is 2. The third kappa shape index (κ3) is 2.63. The van der Waals surface area contributed by atoms with Crippen LogP contribution in [0.2, 0.25) is 5.15 Å². The molecule has 1 aliphatic heterocycles. The van der Waals surface area contributed by atoms with Crippen LogP contribution in [-0.4, -0.2) is 28.4 Å². The van der Waals surface area contributed by atoms with Crippen molar-refractivity contribution in [1.82, 2.24) is 9.88 Å². The third-order valence-electron chi connectivity index (χ3n) is 3.15. The van der Waals surface area contributed by atoms with Crippen LogP contribution >= 0.6 is 27.5 Å². The minimum atomic E-state index is -0.00634. The predicted octanol–water partition coefficient (Wildman–Crippen LogP) is 3.51. The Kier molecular flexibility index (Phi) is 4.05. The summed E-state index contributed by atoms with van der Waals surface area (Å²) in [6.07, 6.45) is 4.75. The summed E-state index contributed by atoms with van der Waals surface area (Å²) in [5.41, 5.74) is 0.487. The fourth-order valence-corrected chi connectivity index (χ4v) is 2.77. The van der Waals surface area contributed by atoms with Crippen LogP contribution in [0, 0.1) is 0 Å². The van der Waals surface area contributed by atoms with Gasteiger partial charge in [-0.2, -0.15) is 0 Å². The average molecular weight is 318 g/mol. The second-order valence-electron chi connectivity index (χ2n) is 4.19. The summed E-state index contributed by atoms with van der Waals surface area (Å²) in [6.45, 7) is 2.93. The van der Waals surface area contributed by atoms with E-state index in [9.17, 15) is 4.79 Å². The van der Waals surface area contributed by atoms with Gasteiger partial charge in [-0.1, -0.05) is 18.5 Å². The molecule has 0 aliphatic carbocycles. The van der Waals surface area contributed by atoms with E-state index in [4.69, 9.17) is 11.6 Å². The molecule has 2 rings (SSSR count). The molecule has 0 radical (unpaired) electrons. The molecule has 0 saturated carbocycles. The Hall–Kier alpha value is -0.610. The number of halogens is 2. The van der Waals surface area contributed by atoms with Crippen LogP contribution in [0.3, 0.4) is 0 Å². The standard InChI is InChI=1S/C12H14BrClN2O/c1-2-9-4-3-5-16(9)12(17)10-6-8(13)7-15-11(10)14/h6-7,9H,2-5H2,1H3. The zero-order valence-electron chi connectivity index (χ0n) is 9.62. The third-order valence-corrected chi connectivity index (χ3v) is 3.88. The van der Waals surface area contributed by atoms with Gasteiger partial charge in [0, 0.05) is 23.3 Å². The predicted molar refractivity (Wildman–Crippen MR) is 71.3 cm³/mol. The van der Waals surface area contributed by atoms with E-state index in [0.29, 0.717) is 11.6 Å². The number of amides is 1. The van der Waals surface area contributed by atoms with Crippen LogP contribution in [0.25, 0.3) is 0 Å². The average Bonchev–Trinajstić information content (AvgIpc) is 2.79. The minimum absolute atomic E-state index is 0.00634. The summed E-state index contributed by atoms with van der Waals surface area (Å²) >= 11 is 9.29. The molecule has 1 amide bonds. The lowest BCUT2D eigenvalue weighted by atomic mass is 10.1. The molecular weight excluding hydrogens is 304 g/mol. The highest BCUT2D eigenvalue weighted by molar-refractivity contribution is 9.10.